The maximum atomic E-state index is 4.33. The highest BCUT2D eigenvalue weighted by Crippen LogP contribution is 2.17. The molecule has 0 fully saturated rings. The monoisotopic (exact) mass is 243 g/mol. The van der Waals surface area contributed by atoms with Gasteiger partial charge in [0, 0.05) is 12.8 Å². The lowest BCUT2D eigenvalue weighted by Gasteiger charge is -2.05. The molecular weight excluding hydrogens is 230 g/mol. The van der Waals surface area contributed by atoms with Crippen molar-refractivity contribution in [3.05, 3.63) is 17.5 Å². The molecule has 0 aromatic carbocycles. The molecule has 3 nitrogen and oxygen atoms in total. The van der Waals surface area contributed by atoms with Crippen molar-refractivity contribution >= 4 is 15.9 Å². The van der Waals surface area contributed by atoms with Gasteiger partial charge in [-0.2, -0.15) is 0 Å². The first-order chi connectivity index (χ1) is 6.17. The fraction of sp³-hybridized carbons (Fsp3) is 0.667. The second-order valence-electron chi connectivity index (χ2n) is 2.85. The maximum absolute atomic E-state index is 4.33. The molecule has 1 unspecified atom stereocenters. The van der Waals surface area contributed by atoms with Crippen LogP contribution in [0.3, 0.4) is 0 Å². The summed E-state index contributed by atoms with van der Waals surface area (Å²) < 4.78 is 0. The minimum absolute atomic E-state index is 0.200. The summed E-state index contributed by atoms with van der Waals surface area (Å²) in [7, 11) is 0. The Hall–Kier alpha value is -0.510. The van der Waals surface area contributed by atoms with Gasteiger partial charge in [0.05, 0.1) is 4.83 Å². The van der Waals surface area contributed by atoms with Crippen molar-refractivity contribution in [1.82, 2.24) is 15.0 Å². The summed E-state index contributed by atoms with van der Waals surface area (Å²) in [6.45, 7) is 6.13. The van der Waals surface area contributed by atoms with E-state index in [1.807, 2.05) is 6.92 Å². The molecule has 0 saturated heterocycles. The van der Waals surface area contributed by atoms with Gasteiger partial charge < -0.3 is 0 Å². The summed E-state index contributed by atoms with van der Waals surface area (Å²) in [6.07, 6.45) is 1.73. The summed E-state index contributed by atoms with van der Waals surface area (Å²) in [5, 5.41) is 0. The molecule has 0 saturated carbocycles. The van der Waals surface area contributed by atoms with E-state index in [2.05, 4.69) is 44.7 Å². The van der Waals surface area contributed by atoms with E-state index in [-0.39, 0.29) is 4.83 Å². The average molecular weight is 244 g/mol. The molecular formula is C9H14BrN3. The first kappa shape index (κ1) is 10.6. The third-order valence-corrected chi connectivity index (χ3v) is 2.14. The normalized spacial score (nSPS) is 12.9. The zero-order valence-electron chi connectivity index (χ0n) is 8.21. The Labute approximate surface area is 87.1 Å². The van der Waals surface area contributed by atoms with Crippen molar-refractivity contribution in [2.75, 3.05) is 0 Å². The van der Waals surface area contributed by atoms with Gasteiger partial charge in [-0.3, -0.25) is 0 Å². The highest BCUT2D eigenvalue weighted by molar-refractivity contribution is 9.09. The van der Waals surface area contributed by atoms with Crippen molar-refractivity contribution in [3.8, 4) is 0 Å². The smallest absolute Gasteiger partial charge is 0.145 e. The predicted molar refractivity (Wildman–Crippen MR) is 55.9 cm³/mol. The quantitative estimate of drug-likeness (QED) is 0.766. The summed E-state index contributed by atoms with van der Waals surface area (Å²) in [5.41, 5.74) is 0. The van der Waals surface area contributed by atoms with Crippen LogP contribution in [-0.2, 0) is 12.8 Å². The summed E-state index contributed by atoms with van der Waals surface area (Å²) >= 11 is 3.46. The van der Waals surface area contributed by atoms with Crippen LogP contribution in [0, 0.1) is 0 Å². The summed E-state index contributed by atoms with van der Waals surface area (Å²) in [6, 6.07) is 0. The second kappa shape index (κ2) is 4.65. The fourth-order valence-corrected chi connectivity index (χ4v) is 1.19. The molecule has 0 amide bonds. The number of halogens is 1. The largest absolute Gasteiger partial charge is 0.218 e. The number of nitrogens with zero attached hydrogens (tertiary/aromatic N) is 3. The third-order valence-electron chi connectivity index (χ3n) is 1.73. The Kier molecular flexibility index (Phi) is 3.78. The van der Waals surface area contributed by atoms with Crippen molar-refractivity contribution in [2.24, 2.45) is 0 Å². The Bertz CT molecular complexity index is 264. The highest BCUT2D eigenvalue weighted by Gasteiger charge is 2.08. The van der Waals surface area contributed by atoms with Gasteiger partial charge in [0.25, 0.3) is 0 Å². The molecule has 1 heterocycles. The molecule has 72 valence electrons. The molecule has 1 atom stereocenters. The first-order valence-corrected chi connectivity index (χ1v) is 5.46. The summed E-state index contributed by atoms with van der Waals surface area (Å²) in [5.74, 6) is 2.60. The van der Waals surface area contributed by atoms with Crippen LogP contribution < -0.4 is 0 Å². The lowest BCUT2D eigenvalue weighted by molar-refractivity contribution is 0.769. The molecule has 1 aromatic rings. The van der Waals surface area contributed by atoms with Crippen molar-refractivity contribution in [2.45, 2.75) is 38.4 Å². The zero-order valence-corrected chi connectivity index (χ0v) is 9.80. The number of hydrogen-bond acceptors (Lipinski definition) is 3. The van der Waals surface area contributed by atoms with E-state index in [0.29, 0.717) is 0 Å². The average Bonchev–Trinajstić information content (AvgIpc) is 2.16. The minimum Gasteiger partial charge on any atom is -0.218 e. The summed E-state index contributed by atoms with van der Waals surface area (Å²) in [4.78, 5) is 13.2. The molecule has 1 rings (SSSR count). The van der Waals surface area contributed by atoms with Gasteiger partial charge >= 0.3 is 0 Å². The van der Waals surface area contributed by atoms with Gasteiger partial charge in [-0.1, -0.05) is 29.8 Å². The highest BCUT2D eigenvalue weighted by atomic mass is 79.9. The van der Waals surface area contributed by atoms with Crippen LogP contribution in [0.2, 0.25) is 0 Å². The van der Waals surface area contributed by atoms with Crippen molar-refractivity contribution in [1.29, 1.82) is 0 Å². The van der Waals surface area contributed by atoms with E-state index in [0.717, 1.165) is 30.3 Å². The van der Waals surface area contributed by atoms with Gasteiger partial charge in [-0.25, -0.2) is 15.0 Å². The van der Waals surface area contributed by atoms with Crippen LogP contribution >= 0.6 is 15.9 Å². The number of aromatic nitrogens is 3. The zero-order chi connectivity index (χ0) is 9.84. The topological polar surface area (TPSA) is 38.7 Å². The van der Waals surface area contributed by atoms with Gasteiger partial charge in [-0.05, 0) is 6.92 Å². The van der Waals surface area contributed by atoms with Crippen LogP contribution in [0.25, 0.3) is 0 Å². The molecule has 0 aliphatic rings. The molecule has 4 heteroatoms. The number of alkyl halides is 1. The van der Waals surface area contributed by atoms with Crippen LogP contribution in [0.15, 0.2) is 0 Å². The standard InChI is InChI=1S/C9H14BrN3/c1-4-7-11-8(5-2)13-9(12-7)6(3)10/h6H,4-5H2,1-3H3. The van der Waals surface area contributed by atoms with Gasteiger partial charge in [-0.15, -0.1) is 0 Å². The van der Waals surface area contributed by atoms with Crippen molar-refractivity contribution in [3.63, 3.8) is 0 Å². The Morgan fingerprint density at radius 3 is 1.85 bits per heavy atom. The third kappa shape index (κ3) is 2.72. The molecule has 0 spiro atoms. The Morgan fingerprint density at radius 1 is 1.08 bits per heavy atom. The van der Waals surface area contributed by atoms with Crippen LogP contribution in [0.1, 0.15) is 43.1 Å². The molecule has 0 N–H and O–H groups in total. The number of aryl methyl sites for hydroxylation is 2. The van der Waals surface area contributed by atoms with E-state index >= 15 is 0 Å². The maximum Gasteiger partial charge on any atom is 0.145 e. The van der Waals surface area contributed by atoms with Gasteiger partial charge in [0.2, 0.25) is 0 Å². The molecule has 0 aliphatic heterocycles. The first-order valence-electron chi connectivity index (χ1n) is 4.55. The van der Waals surface area contributed by atoms with Crippen LogP contribution in [0.5, 0.6) is 0 Å². The van der Waals surface area contributed by atoms with Crippen molar-refractivity contribution < 1.29 is 0 Å². The van der Waals surface area contributed by atoms with E-state index in [1.54, 1.807) is 0 Å². The van der Waals surface area contributed by atoms with Crippen LogP contribution in [0.4, 0.5) is 0 Å². The Morgan fingerprint density at radius 2 is 1.54 bits per heavy atom. The van der Waals surface area contributed by atoms with E-state index < -0.39 is 0 Å². The van der Waals surface area contributed by atoms with E-state index in [9.17, 15) is 0 Å². The van der Waals surface area contributed by atoms with E-state index in [4.69, 9.17) is 0 Å². The van der Waals surface area contributed by atoms with Crippen LogP contribution in [-0.4, -0.2) is 15.0 Å². The lowest BCUT2D eigenvalue weighted by atomic mass is 10.3. The van der Waals surface area contributed by atoms with Gasteiger partial charge in [0.15, 0.2) is 0 Å². The number of rotatable bonds is 3. The molecule has 1 aromatic heterocycles. The lowest BCUT2D eigenvalue weighted by Crippen LogP contribution is -2.06. The predicted octanol–water partition coefficient (Wildman–Crippen LogP) is 2.45. The molecule has 13 heavy (non-hydrogen) atoms. The Balaban J connectivity index is 3.07. The van der Waals surface area contributed by atoms with Gasteiger partial charge in [0.1, 0.15) is 17.5 Å². The minimum atomic E-state index is 0.200. The fourth-order valence-electron chi connectivity index (χ4n) is 0.983. The molecule has 0 radical (unpaired) electrons. The number of hydrogen-bond donors (Lipinski definition) is 0. The molecule has 0 aliphatic carbocycles. The second-order valence-corrected chi connectivity index (χ2v) is 4.22. The van der Waals surface area contributed by atoms with E-state index in [1.165, 1.54) is 0 Å². The SMILES string of the molecule is CCc1nc(CC)nc(C(C)Br)n1. The molecule has 0 bridgehead atoms.